The largest absolute Gasteiger partial charge is 0.384 e. The number of hydrogen-bond donors (Lipinski definition) is 1. The number of nitrogens with two attached hydrogens (primary N) is 1. The lowest BCUT2D eigenvalue weighted by molar-refractivity contribution is 1.22. The highest BCUT2D eigenvalue weighted by atomic mass is 14.9. The highest BCUT2D eigenvalue weighted by molar-refractivity contribution is 5.96. The van der Waals surface area contributed by atoms with Gasteiger partial charge >= 0.3 is 0 Å². The zero-order chi connectivity index (χ0) is 9.28. The van der Waals surface area contributed by atoms with E-state index in [1.54, 1.807) is 19.9 Å². The minimum absolute atomic E-state index is 0.380. The molecule has 11 heavy (non-hydrogen) atoms. The van der Waals surface area contributed by atoms with E-state index >= 15 is 0 Å². The number of nitriles is 1. The monoisotopic (exact) mass is 153 g/mol. The fourth-order valence-electron chi connectivity index (χ4n) is 0.283. The highest BCUT2D eigenvalue weighted by Crippen LogP contribution is 1.85. The van der Waals surface area contributed by atoms with Gasteiger partial charge in [-0.1, -0.05) is 13.8 Å². The summed E-state index contributed by atoms with van der Waals surface area (Å²) in [6.45, 7) is 7.37. The molecule has 0 fully saturated rings. The van der Waals surface area contributed by atoms with Gasteiger partial charge in [-0.15, -0.1) is 0 Å². The van der Waals surface area contributed by atoms with Crippen LogP contribution in [0.1, 0.15) is 27.7 Å². The zero-order valence-corrected chi connectivity index (χ0v) is 7.55. The second-order valence-corrected chi connectivity index (χ2v) is 1.52. The molecule has 0 aromatic heterocycles. The van der Waals surface area contributed by atoms with Crippen LogP contribution in [0.2, 0.25) is 0 Å². The number of hydrogen-bond acceptors (Lipinski definition) is 3. The first kappa shape index (κ1) is 12.4. The first-order valence-electron chi connectivity index (χ1n) is 3.58. The van der Waals surface area contributed by atoms with E-state index in [-0.39, 0.29) is 0 Å². The summed E-state index contributed by atoms with van der Waals surface area (Å²) in [5.41, 5.74) is 5.65. The van der Waals surface area contributed by atoms with Crippen LogP contribution < -0.4 is 5.73 Å². The fraction of sp³-hybridized carbons (Fsp3) is 0.500. The fourth-order valence-corrected chi connectivity index (χ4v) is 0.283. The van der Waals surface area contributed by atoms with Gasteiger partial charge < -0.3 is 5.73 Å². The molecule has 0 atom stereocenters. The van der Waals surface area contributed by atoms with Crippen LogP contribution in [-0.4, -0.2) is 5.71 Å². The van der Waals surface area contributed by atoms with Crippen molar-refractivity contribution < 1.29 is 0 Å². The summed E-state index contributed by atoms with van der Waals surface area (Å²) in [5.74, 6) is 0.383. The average Bonchev–Trinajstić information content (AvgIpc) is 2.07. The molecule has 3 heteroatoms. The molecule has 0 aromatic rings. The first-order chi connectivity index (χ1) is 5.20. The molecule has 0 radical (unpaired) electrons. The van der Waals surface area contributed by atoms with Crippen LogP contribution in [0.3, 0.4) is 0 Å². The molecule has 3 nitrogen and oxygen atoms in total. The van der Waals surface area contributed by atoms with Crippen LogP contribution in [0.15, 0.2) is 16.9 Å². The van der Waals surface area contributed by atoms with Crippen molar-refractivity contribution in [3.63, 3.8) is 0 Å². The number of aliphatic imine (C=N–C) groups is 1. The summed E-state index contributed by atoms with van der Waals surface area (Å²) >= 11 is 0. The van der Waals surface area contributed by atoms with Crippen LogP contribution >= 0.6 is 0 Å². The van der Waals surface area contributed by atoms with Gasteiger partial charge in [-0.05, 0) is 19.9 Å². The van der Waals surface area contributed by atoms with Crippen LogP contribution in [0, 0.1) is 11.3 Å². The van der Waals surface area contributed by atoms with Gasteiger partial charge in [0.05, 0.1) is 0 Å². The van der Waals surface area contributed by atoms with E-state index in [0.29, 0.717) is 11.5 Å². The van der Waals surface area contributed by atoms with Crippen molar-refractivity contribution in [2.45, 2.75) is 27.7 Å². The molecule has 0 aliphatic carbocycles. The molecular weight excluding hydrogens is 138 g/mol. The summed E-state index contributed by atoms with van der Waals surface area (Å²) in [5, 5.41) is 8.22. The van der Waals surface area contributed by atoms with Gasteiger partial charge in [0.2, 0.25) is 0 Å². The number of allylic oxidation sites excluding steroid dienone is 1. The molecule has 0 heterocycles. The van der Waals surface area contributed by atoms with E-state index in [1.165, 1.54) is 0 Å². The van der Waals surface area contributed by atoms with E-state index in [2.05, 4.69) is 4.99 Å². The Balaban J connectivity index is 0. The Morgan fingerprint density at radius 1 is 1.55 bits per heavy atom. The van der Waals surface area contributed by atoms with E-state index < -0.39 is 0 Å². The molecule has 0 saturated heterocycles. The summed E-state index contributed by atoms with van der Waals surface area (Å²) < 4.78 is 0. The molecule has 0 saturated carbocycles. The van der Waals surface area contributed by atoms with Crippen molar-refractivity contribution in [2.75, 3.05) is 0 Å². The summed E-state index contributed by atoms with van der Waals surface area (Å²) in [7, 11) is 0. The zero-order valence-electron chi connectivity index (χ0n) is 7.55. The SMILES string of the molecule is C/C=C(N)\N=C(/C)C#N.CC. The topological polar surface area (TPSA) is 62.2 Å². The van der Waals surface area contributed by atoms with Crippen molar-refractivity contribution in [3.8, 4) is 6.07 Å². The predicted molar refractivity (Wildman–Crippen MR) is 48.0 cm³/mol. The molecule has 0 unspecified atom stereocenters. The summed E-state index contributed by atoms with van der Waals surface area (Å²) in [6, 6.07) is 1.86. The second-order valence-electron chi connectivity index (χ2n) is 1.52. The van der Waals surface area contributed by atoms with Gasteiger partial charge in [0.1, 0.15) is 17.6 Å². The summed E-state index contributed by atoms with van der Waals surface area (Å²) in [6.07, 6.45) is 1.64. The number of rotatable bonds is 1. The third-order valence-electron chi connectivity index (χ3n) is 0.754. The Hall–Kier alpha value is -1.30. The predicted octanol–water partition coefficient (Wildman–Crippen LogP) is 1.82. The minimum atomic E-state index is 0.380. The van der Waals surface area contributed by atoms with Crippen molar-refractivity contribution in [1.82, 2.24) is 0 Å². The highest BCUT2D eigenvalue weighted by Gasteiger charge is 1.84. The lowest BCUT2D eigenvalue weighted by Crippen LogP contribution is -1.95. The maximum Gasteiger partial charge on any atom is 0.120 e. The van der Waals surface area contributed by atoms with Crippen LogP contribution in [0.4, 0.5) is 0 Å². The summed E-state index contributed by atoms with van der Waals surface area (Å²) in [4.78, 5) is 3.71. The third-order valence-corrected chi connectivity index (χ3v) is 0.754. The quantitative estimate of drug-likeness (QED) is 0.584. The smallest absolute Gasteiger partial charge is 0.120 e. The molecular formula is C8H15N3. The Morgan fingerprint density at radius 3 is 2.27 bits per heavy atom. The van der Waals surface area contributed by atoms with E-state index in [4.69, 9.17) is 11.0 Å². The van der Waals surface area contributed by atoms with Crippen LogP contribution in [0.25, 0.3) is 0 Å². The Labute approximate surface area is 68.2 Å². The Kier molecular flexibility index (Phi) is 9.79. The van der Waals surface area contributed by atoms with Crippen LogP contribution in [-0.2, 0) is 0 Å². The number of nitrogens with zero attached hydrogens (tertiary/aromatic N) is 2. The van der Waals surface area contributed by atoms with Crippen molar-refractivity contribution in [1.29, 1.82) is 5.26 Å². The van der Waals surface area contributed by atoms with E-state index in [1.807, 2.05) is 19.9 Å². The standard InChI is InChI=1S/C6H9N3.C2H6/c1-3-6(8)9-5(2)4-7;1-2/h3H,8H2,1-2H3;1-2H3/b6-3-,9-5+;. The van der Waals surface area contributed by atoms with Gasteiger partial charge in [0, 0.05) is 0 Å². The Morgan fingerprint density at radius 2 is 2.00 bits per heavy atom. The molecule has 0 spiro atoms. The third kappa shape index (κ3) is 8.70. The molecule has 0 bridgehead atoms. The average molecular weight is 153 g/mol. The van der Waals surface area contributed by atoms with Crippen molar-refractivity contribution in [3.05, 3.63) is 11.9 Å². The Bertz CT molecular complexity index is 184. The van der Waals surface area contributed by atoms with E-state index in [0.717, 1.165) is 0 Å². The molecule has 62 valence electrons. The molecule has 0 rings (SSSR count). The van der Waals surface area contributed by atoms with Crippen molar-refractivity contribution in [2.24, 2.45) is 10.7 Å². The molecule has 2 N–H and O–H groups in total. The maximum absolute atomic E-state index is 8.22. The van der Waals surface area contributed by atoms with Gasteiger partial charge in [0.25, 0.3) is 0 Å². The molecule has 0 aliphatic heterocycles. The molecule has 0 amide bonds. The molecule has 0 aromatic carbocycles. The van der Waals surface area contributed by atoms with Crippen molar-refractivity contribution >= 4 is 5.71 Å². The first-order valence-corrected chi connectivity index (χ1v) is 3.58. The minimum Gasteiger partial charge on any atom is -0.384 e. The maximum atomic E-state index is 8.22. The van der Waals surface area contributed by atoms with Crippen LogP contribution in [0.5, 0.6) is 0 Å². The van der Waals surface area contributed by atoms with Gasteiger partial charge in [-0.2, -0.15) is 5.26 Å². The second kappa shape index (κ2) is 8.70. The van der Waals surface area contributed by atoms with Gasteiger partial charge in [-0.25, -0.2) is 4.99 Å². The normalized spacial score (nSPS) is 11.2. The lowest BCUT2D eigenvalue weighted by atomic mass is 10.5. The molecule has 0 aliphatic rings. The lowest BCUT2D eigenvalue weighted by Gasteiger charge is -1.87. The van der Waals surface area contributed by atoms with E-state index in [9.17, 15) is 0 Å². The van der Waals surface area contributed by atoms with Gasteiger partial charge in [-0.3, -0.25) is 0 Å². The van der Waals surface area contributed by atoms with Gasteiger partial charge in [0.15, 0.2) is 0 Å².